The normalized spacial score (nSPS) is 18.3. The lowest BCUT2D eigenvalue weighted by Gasteiger charge is -2.13. The second-order valence-electron chi connectivity index (χ2n) is 6.99. The van der Waals surface area contributed by atoms with E-state index in [4.69, 9.17) is 5.73 Å². The van der Waals surface area contributed by atoms with Gasteiger partial charge >= 0.3 is 5.97 Å². The molecule has 0 saturated carbocycles. The van der Waals surface area contributed by atoms with E-state index in [1.807, 2.05) is 0 Å². The van der Waals surface area contributed by atoms with E-state index in [0.717, 1.165) is 0 Å². The third kappa shape index (κ3) is 3.29. The second kappa shape index (κ2) is 7.09. The molecular formula is C21H17N5O4. The lowest BCUT2D eigenvalue weighted by atomic mass is 10.0. The first-order valence-corrected chi connectivity index (χ1v) is 9.04. The highest BCUT2D eigenvalue weighted by Gasteiger charge is 2.42. The molecule has 0 radical (unpaired) electrons. The van der Waals surface area contributed by atoms with Crippen molar-refractivity contribution in [1.82, 2.24) is 19.9 Å². The number of pyridine rings is 1. The molecule has 4 N–H and O–H groups in total. The van der Waals surface area contributed by atoms with Crippen LogP contribution in [0.25, 0.3) is 22.3 Å². The molecule has 0 spiro atoms. The first-order valence-electron chi connectivity index (χ1n) is 9.04. The zero-order chi connectivity index (χ0) is 21.5. The van der Waals surface area contributed by atoms with Gasteiger partial charge in [0.15, 0.2) is 5.82 Å². The van der Waals surface area contributed by atoms with Crippen molar-refractivity contribution < 1.29 is 19.8 Å². The SMILES string of the molecule is CN1CCC(O)(C#Cc2cccc(-c3ncc4c(C(=O)O)cnc(N)c4n3)c2)C1=O. The Bertz CT molecular complexity index is 1260. The molecule has 9 heteroatoms. The topological polar surface area (TPSA) is 143 Å². The number of benzene rings is 1. The van der Waals surface area contributed by atoms with Crippen molar-refractivity contribution in [2.75, 3.05) is 19.3 Å². The number of aliphatic hydroxyl groups is 1. The van der Waals surface area contributed by atoms with E-state index in [2.05, 4.69) is 26.8 Å². The van der Waals surface area contributed by atoms with Crippen molar-refractivity contribution >= 4 is 28.6 Å². The number of hydrogen-bond acceptors (Lipinski definition) is 7. The average Bonchev–Trinajstić information content (AvgIpc) is 3.00. The number of nitrogens with two attached hydrogens (primary N) is 1. The van der Waals surface area contributed by atoms with Gasteiger partial charge in [-0.3, -0.25) is 4.79 Å². The molecule has 1 aromatic carbocycles. The molecule has 3 aromatic rings. The smallest absolute Gasteiger partial charge is 0.338 e. The number of aromatic carboxylic acids is 1. The molecule has 1 amide bonds. The number of carboxylic acids is 1. The standard InChI is InChI=1S/C21H17N5O4/c1-26-8-7-21(30,20(26)29)6-5-12-3-2-4-13(9-12)18-24-10-14-15(19(27)28)11-23-17(22)16(14)25-18/h2-4,9-11,30H,7-8H2,1H3,(H2,22,23)(H,27,28). The maximum absolute atomic E-state index is 12.1. The first kappa shape index (κ1) is 19.3. The number of nitrogens with zero attached hydrogens (tertiary/aromatic N) is 4. The molecule has 3 heterocycles. The van der Waals surface area contributed by atoms with Crippen LogP contribution in [0.1, 0.15) is 22.3 Å². The predicted molar refractivity (Wildman–Crippen MR) is 108 cm³/mol. The summed E-state index contributed by atoms with van der Waals surface area (Å²) in [6.45, 7) is 0.447. The summed E-state index contributed by atoms with van der Waals surface area (Å²) in [4.78, 5) is 37.4. The number of carboxylic acid groups (broad SMARTS) is 1. The van der Waals surface area contributed by atoms with Crippen LogP contribution in [0.15, 0.2) is 36.7 Å². The fourth-order valence-electron chi connectivity index (χ4n) is 3.23. The van der Waals surface area contributed by atoms with Crippen molar-refractivity contribution in [3.63, 3.8) is 0 Å². The predicted octanol–water partition coefficient (Wildman–Crippen LogP) is 0.917. The van der Waals surface area contributed by atoms with Crippen LogP contribution in [0.5, 0.6) is 0 Å². The van der Waals surface area contributed by atoms with Crippen LogP contribution < -0.4 is 5.73 Å². The zero-order valence-corrected chi connectivity index (χ0v) is 16.0. The summed E-state index contributed by atoms with van der Waals surface area (Å²) in [5, 5.41) is 20.0. The molecule has 1 aliphatic heterocycles. The molecule has 150 valence electrons. The van der Waals surface area contributed by atoms with Gasteiger partial charge in [0.2, 0.25) is 5.60 Å². The summed E-state index contributed by atoms with van der Waals surface area (Å²) in [6.07, 6.45) is 2.82. The Hall–Kier alpha value is -4.03. The van der Waals surface area contributed by atoms with Gasteiger partial charge in [0, 0.05) is 48.9 Å². The Morgan fingerprint density at radius 1 is 1.30 bits per heavy atom. The lowest BCUT2D eigenvalue weighted by molar-refractivity contribution is -0.137. The van der Waals surface area contributed by atoms with E-state index in [9.17, 15) is 19.8 Å². The minimum atomic E-state index is -1.68. The number of hydrogen-bond donors (Lipinski definition) is 3. The zero-order valence-electron chi connectivity index (χ0n) is 16.0. The Morgan fingerprint density at radius 2 is 2.10 bits per heavy atom. The van der Waals surface area contributed by atoms with E-state index >= 15 is 0 Å². The van der Waals surface area contributed by atoms with Crippen LogP contribution in [0.4, 0.5) is 5.82 Å². The van der Waals surface area contributed by atoms with E-state index < -0.39 is 17.5 Å². The minimum absolute atomic E-state index is 0.0372. The molecule has 1 aliphatic rings. The average molecular weight is 403 g/mol. The van der Waals surface area contributed by atoms with E-state index in [1.54, 1.807) is 31.3 Å². The maximum atomic E-state index is 12.1. The highest BCUT2D eigenvalue weighted by molar-refractivity contribution is 6.04. The van der Waals surface area contributed by atoms with E-state index in [1.165, 1.54) is 17.3 Å². The number of carbonyl (C=O) groups excluding carboxylic acids is 1. The van der Waals surface area contributed by atoms with Gasteiger partial charge in [-0.2, -0.15) is 0 Å². The van der Waals surface area contributed by atoms with E-state index in [-0.39, 0.29) is 23.3 Å². The Labute approximate surface area is 171 Å². The molecule has 0 aliphatic carbocycles. The van der Waals surface area contributed by atoms with Gasteiger partial charge in [0.1, 0.15) is 11.3 Å². The van der Waals surface area contributed by atoms with Crippen LogP contribution in [-0.2, 0) is 4.79 Å². The fraction of sp³-hybridized carbons (Fsp3) is 0.190. The third-order valence-corrected chi connectivity index (χ3v) is 4.93. The number of anilines is 1. The molecule has 1 unspecified atom stereocenters. The summed E-state index contributed by atoms with van der Waals surface area (Å²) in [6, 6.07) is 6.96. The van der Waals surface area contributed by atoms with Gasteiger partial charge in [-0.05, 0) is 12.1 Å². The van der Waals surface area contributed by atoms with Crippen LogP contribution in [0, 0.1) is 11.8 Å². The van der Waals surface area contributed by atoms with Crippen LogP contribution in [-0.4, -0.2) is 61.1 Å². The summed E-state index contributed by atoms with van der Waals surface area (Å²) in [7, 11) is 1.62. The Kier molecular flexibility index (Phi) is 4.56. The van der Waals surface area contributed by atoms with Gasteiger partial charge in [-0.1, -0.05) is 24.0 Å². The molecule has 1 saturated heterocycles. The summed E-state index contributed by atoms with van der Waals surface area (Å²) in [5.41, 5.74) is 5.58. The van der Waals surface area contributed by atoms with Crippen molar-refractivity contribution in [2.24, 2.45) is 0 Å². The number of fused-ring (bicyclic) bond motifs is 1. The molecule has 4 rings (SSSR count). The van der Waals surface area contributed by atoms with E-state index in [0.29, 0.717) is 28.9 Å². The lowest BCUT2D eigenvalue weighted by Crippen LogP contribution is -2.37. The Morgan fingerprint density at radius 3 is 2.80 bits per heavy atom. The molecule has 1 atom stereocenters. The highest BCUT2D eigenvalue weighted by atomic mass is 16.4. The summed E-state index contributed by atoms with van der Waals surface area (Å²) < 4.78 is 0. The van der Waals surface area contributed by atoms with Crippen molar-refractivity contribution in [2.45, 2.75) is 12.0 Å². The third-order valence-electron chi connectivity index (χ3n) is 4.93. The molecular weight excluding hydrogens is 386 g/mol. The van der Waals surface area contributed by atoms with Crippen molar-refractivity contribution in [3.8, 4) is 23.2 Å². The molecule has 2 aromatic heterocycles. The number of likely N-dealkylation sites (tertiary alicyclic amines) is 1. The number of amides is 1. The first-order chi connectivity index (χ1) is 14.3. The van der Waals surface area contributed by atoms with Gasteiger partial charge in [0.25, 0.3) is 5.91 Å². The van der Waals surface area contributed by atoms with Gasteiger partial charge in [-0.15, -0.1) is 0 Å². The number of aromatic nitrogens is 3. The molecule has 1 fully saturated rings. The molecule has 0 bridgehead atoms. The van der Waals surface area contributed by atoms with Crippen molar-refractivity contribution in [3.05, 3.63) is 47.8 Å². The number of likely N-dealkylation sites (N-methyl/N-ethyl adjacent to an activating group) is 1. The maximum Gasteiger partial charge on any atom is 0.338 e. The van der Waals surface area contributed by atoms with Crippen LogP contribution in [0.3, 0.4) is 0 Å². The van der Waals surface area contributed by atoms with Crippen LogP contribution >= 0.6 is 0 Å². The monoisotopic (exact) mass is 403 g/mol. The quantitative estimate of drug-likeness (QED) is 0.536. The van der Waals surface area contributed by atoms with Gasteiger partial charge < -0.3 is 20.8 Å². The Balaban J connectivity index is 1.72. The largest absolute Gasteiger partial charge is 0.478 e. The summed E-state index contributed by atoms with van der Waals surface area (Å²) in [5.74, 6) is 4.37. The number of carbonyl (C=O) groups is 2. The highest BCUT2D eigenvalue weighted by Crippen LogP contribution is 2.25. The summed E-state index contributed by atoms with van der Waals surface area (Å²) >= 11 is 0. The molecule has 30 heavy (non-hydrogen) atoms. The van der Waals surface area contributed by atoms with Gasteiger partial charge in [-0.25, -0.2) is 19.7 Å². The minimum Gasteiger partial charge on any atom is -0.478 e. The van der Waals surface area contributed by atoms with Gasteiger partial charge in [0.05, 0.1) is 5.56 Å². The number of nitrogen functional groups attached to an aromatic ring is 1. The molecule has 9 nitrogen and oxygen atoms in total. The van der Waals surface area contributed by atoms with Crippen molar-refractivity contribution in [1.29, 1.82) is 0 Å². The number of rotatable bonds is 2. The van der Waals surface area contributed by atoms with Crippen LogP contribution in [0.2, 0.25) is 0 Å². The second-order valence-corrected chi connectivity index (χ2v) is 6.99. The fourth-order valence-corrected chi connectivity index (χ4v) is 3.23.